The van der Waals surface area contributed by atoms with Crippen LogP contribution in [0, 0.1) is 10.1 Å². The Hall–Kier alpha value is -1.72. The predicted octanol–water partition coefficient (Wildman–Crippen LogP) is 4.60. The van der Waals surface area contributed by atoms with Gasteiger partial charge in [-0.1, -0.05) is 53.2 Å². The molecule has 0 aliphatic carbocycles. The minimum atomic E-state index is -0.372. The van der Waals surface area contributed by atoms with Gasteiger partial charge in [-0.05, 0) is 23.6 Å². The molecular weight excluding hydrogens is 332 g/mol. The molecule has 0 aromatic heterocycles. The van der Waals surface area contributed by atoms with Gasteiger partial charge in [0.15, 0.2) is 0 Å². The maximum atomic E-state index is 10.9. The van der Waals surface area contributed by atoms with Crippen molar-refractivity contribution in [2.24, 2.45) is 0 Å². The van der Waals surface area contributed by atoms with E-state index in [4.69, 9.17) is 0 Å². The summed E-state index contributed by atoms with van der Waals surface area (Å²) in [6.45, 7) is 2.71. The van der Waals surface area contributed by atoms with Crippen molar-refractivity contribution in [1.82, 2.24) is 5.32 Å². The van der Waals surface area contributed by atoms with E-state index in [-0.39, 0.29) is 16.7 Å². The van der Waals surface area contributed by atoms with Gasteiger partial charge in [-0.15, -0.1) is 0 Å². The Kier molecular flexibility index (Phi) is 5.47. The third-order valence-electron chi connectivity index (χ3n) is 3.32. The molecule has 1 atom stereocenters. The highest BCUT2D eigenvalue weighted by Crippen LogP contribution is 2.22. The maximum absolute atomic E-state index is 10.9. The maximum Gasteiger partial charge on any atom is 0.270 e. The second-order valence-corrected chi connectivity index (χ2v) is 5.74. The second kappa shape index (κ2) is 7.33. The monoisotopic (exact) mass is 348 g/mol. The summed E-state index contributed by atoms with van der Waals surface area (Å²) in [5.74, 6) is 0. The predicted molar refractivity (Wildman–Crippen MR) is 87.1 cm³/mol. The Bertz CT molecular complexity index is 617. The summed E-state index contributed by atoms with van der Waals surface area (Å²) in [5, 5.41) is 14.3. The van der Waals surface area contributed by atoms with Gasteiger partial charge in [0.2, 0.25) is 0 Å². The zero-order chi connectivity index (χ0) is 15.2. The van der Waals surface area contributed by atoms with Crippen LogP contribution in [-0.4, -0.2) is 4.92 Å². The molecule has 0 radical (unpaired) electrons. The molecule has 0 aliphatic heterocycles. The third-order valence-corrected chi connectivity index (χ3v) is 3.77. The molecule has 5 heteroatoms. The van der Waals surface area contributed by atoms with Crippen LogP contribution in [0.15, 0.2) is 53.0 Å². The minimum Gasteiger partial charge on any atom is -0.306 e. The van der Waals surface area contributed by atoms with Crippen molar-refractivity contribution in [3.8, 4) is 0 Å². The van der Waals surface area contributed by atoms with Crippen LogP contribution in [0.5, 0.6) is 0 Å². The largest absolute Gasteiger partial charge is 0.306 e. The highest BCUT2D eigenvalue weighted by Gasteiger charge is 2.11. The molecule has 0 spiro atoms. The zero-order valence-corrected chi connectivity index (χ0v) is 13.3. The van der Waals surface area contributed by atoms with Gasteiger partial charge < -0.3 is 5.32 Å². The van der Waals surface area contributed by atoms with Gasteiger partial charge in [-0.25, -0.2) is 0 Å². The first-order valence-electron chi connectivity index (χ1n) is 6.82. The Morgan fingerprint density at radius 1 is 1.24 bits per heavy atom. The van der Waals surface area contributed by atoms with E-state index >= 15 is 0 Å². The van der Waals surface area contributed by atoms with Crippen molar-refractivity contribution < 1.29 is 4.92 Å². The van der Waals surface area contributed by atoms with Gasteiger partial charge in [0.25, 0.3) is 5.69 Å². The number of nitrogens with zero attached hydrogens (tertiary/aromatic N) is 1. The molecule has 0 bridgehead atoms. The molecular formula is C16H17BrN2O2. The number of nitrogens with one attached hydrogen (secondary N) is 1. The zero-order valence-electron chi connectivity index (χ0n) is 11.8. The summed E-state index contributed by atoms with van der Waals surface area (Å²) in [6.07, 6.45) is 0.958. The molecule has 0 fully saturated rings. The summed E-state index contributed by atoms with van der Waals surface area (Å²) in [5.41, 5.74) is 2.23. The lowest BCUT2D eigenvalue weighted by Crippen LogP contribution is -2.20. The molecule has 2 rings (SSSR count). The van der Waals surface area contributed by atoms with Gasteiger partial charge in [-0.2, -0.15) is 0 Å². The van der Waals surface area contributed by atoms with E-state index in [9.17, 15) is 10.1 Å². The molecule has 0 saturated heterocycles. The summed E-state index contributed by atoms with van der Waals surface area (Å²) < 4.78 is 0.723. The molecule has 2 aromatic rings. The lowest BCUT2D eigenvalue weighted by atomic mass is 10.0. The van der Waals surface area contributed by atoms with Gasteiger partial charge in [-0.3, -0.25) is 10.1 Å². The van der Waals surface area contributed by atoms with Crippen molar-refractivity contribution in [2.75, 3.05) is 0 Å². The van der Waals surface area contributed by atoms with E-state index in [2.05, 4.69) is 40.3 Å². The number of benzene rings is 2. The van der Waals surface area contributed by atoms with E-state index in [1.165, 1.54) is 11.6 Å². The normalized spacial score (nSPS) is 12.1. The Balaban J connectivity index is 2.10. The van der Waals surface area contributed by atoms with Crippen LogP contribution in [0.25, 0.3) is 0 Å². The van der Waals surface area contributed by atoms with Crippen LogP contribution in [0.2, 0.25) is 0 Å². The average Bonchev–Trinajstić information content (AvgIpc) is 2.48. The topological polar surface area (TPSA) is 55.2 Å². The summed E-state index contributed by atoms with van der Waals surface area (Å²) in [7, 11) is 0. The van der Waals surface area contributed by atoms with Gasteiger partial charge in [0, 0.05) is 29.2 Å². The number of non-ortho nitro benzene ring substituents is 1. The fourth-order valence-electron chi connectivity index (χ4n) is 2.27. The van der Waals surface area contributed by atoms with Crippen molar-refractivity contribution in [3.63, 3.8) is 0 Å². The third kappa shape index (κ3) is 4.37. The van der Waals surface area contributed by atoms with Crippen molar-refractivity contribution in [3.05, 3.63) is 74.2 Å². The Morgan fingerprint density at radius 3 is 2.57 bits per heavy atom. The van der Waals surface area contributed by atoms with Gasteiger partial charge >= 0.3 is 0 Å². The van der Waals surface area contributed by atoms with Crippen LogP contribution < -0.4 is 5.32 Å². The molecule has 21 heavy (non-hydrogen) atoms. The van der Waals surface area contributed by atoms with Crippen molar-refractivity contribution in [2.45, 2.75) is 25.9 Å². The molecule has 110 valence electrons. The van der Waals surface area contributed by atoms with Gasteiger partial charge in [0.1, 0.15) is 0 Å². The molecule has 0 saturated carbocycles. The first-order chi connectivity index (χ1) is 10.1. The highest BCUT2D eigenvalue weighted by atomic mass is 79.9. The Labute approximate surface area is 132 Å². The first-order valence-corrected chi connectivity index (χ1v) is 7.61. The average molecular weight is 349 g/mol. The van der Waals surface area contributed by atoms with Crippen LogP contribution in [0.4, 0.5) is 5.69 Å². The molecule has 4 nitrogen and oxygen atoms in total. The van der Waals surface area contributed by atoms with Crippen LogP contribution in [-0.2, 0) is 6.54 Å². The van der Waals surface area contributed by atoms with E-state index < -0.39 is 0 Å². The standard InChI is InChI=1S/C16H17BrN2O2/c1-2-16(13-6-4-3-5-7-13)18-11-12-8-14(17)10-15(9-12)19(20)21/h3-10,16,18H,2,11H2,1H3. The summed E-state index contributed by atoms with van der Waals surface area (Å²) >= 11 is 3.32. The number of nitro benzene ring substituents is 1. The summed E-state index contributed by atoms with van der Waals surface area (Å²) in [4.78, 5) is 10.5. The van der Waals surface area contributed by atoms with Crippen molar-refractivity contribution in [1.29, 1.82) is 0 Å². The number of nitro groups is 1. The number of hydrogen-bond acceptors (Lipinski definition) is 3. The van der Waals surface area contributed by atoms with E-state index in [1.54, 1.807) is 6.07 Å². The van der Waals surface area contributed by atoms with E-state index in [0.717, 1.165) is 16.5 Å². The molecule has 2 aromatic carbocycles. The summed E-state index contributed by atoms with van der Waals surface area (Å²) in [6, 6.07) is 15.5. The first kappa shape index (κ1) is 15.7. The lowest BCUT2D eigenvalue weighted by molar-refractivity contribution is -0.385. The van der Waals surface area contributed by atoms with Crippen LogP contribution in [0.1, 0.15) is 30.5 Å². The number of rotatable bonds is 6. The van der Waals surface area contributed by atoms with Crippen LogP contribution in [0.3, 0.4) is 0 Å². The highest BCUT2D eigenvalue weighted by molar-refractivity contribution is 9.10. The lowest BCUT2D eigenvalue weighted by Gasteiger charge is -2.17. The number of hydrogen-bond donors (Lipinski definition) is 1. The molecule has 1 unspecified atom stereocenters. The smallest absolute Gasteiger partial charge is 0.270 e. The van der Waals surface area contributed by atoms with E-state index in [0.29, 0.717) is 6.54 Å². The minimum absolute atomic E-state index is 0.105. The SMILES string of the molecule is CCC(NCc1cc(Br)cc([N+](=O)[O-])c1)c1ccccc1. The number of halogens is 1. The molecule has 1 N–H and O–H groups in total. The van der Waals surface area contributed by atoms with E-state index in [1.807, 2.05) is 24.3 Å². The fourth-order valence-corrected chi connectivity index (χ4v) is 2.79. The fraction of sp³-hybridized carbons (Fsp3) is 0.250. The quantitative estimate of drug-likeness (QED) is 0.613. The second-order valence-electron chi connectivity index (χ2n) is 4.83. The molecule has 0 amide bonds. The van der Waals surface area contributed by atoms with Crippen molar-refractivity contribution >= 4 is 21.6 Å². The van der Waals surface area contributed by atoms with Gasteiger partial charge in [0.05, 0.1) is 4.92 Å². The van der Waals surface area contributed by atoms with Crippen LogP contribution >= 0.6 is 15.9 Å². The Morgan fingerprint density at radius 2 is 1.95 bits per heavy atom. The molecule has 0 heterocycles. The molecule has 0 aliphatic rings.